The molecule has 60 valence electrons. The van der Waals surface area contributed by atoms with E-state index in [0.717, 1.165) is 5.30 Å². The van der Waals surface area contributed by atoms with Gasteiger partial charge in [0.15, 0.2) is 0 Å². The summed E-state index contributed by atoms with van der Waals surface area (Å²) >= 11 is 0. The second kappa shape index (κ2) is 7.14. The molecule has 1 rings (SSSR count). The van der Waals surface area contributed by atoms with Gasteiger partial charge >= 0.3 is 59.1 Å². The van der Waals surface area contributed by atoms with Crippen molar-refractivity contribution in [2.45, 2.75) is 0 Å². The van der Waals surface area contributed by atoms with Crippen LogP contribution in [0.15, 0.2) is 24.3 Å². The van der Waals surface area contributed by atoms with Crippen molar-refractivity contribution in [3.63, 3.8) is 0 Å². The predicted octanol–water partition coefficient (Wildman–Crippen LogP) is -7.27. The van der Waals surface area contributed by atoms with E-state index in [-0.39, 0.29) is 64.4 Å². The van der Waals surface area contributed by atoms with Gasteiger partial charge in [-0.2, -0.15) is 0 Å². The molecule has 0 aliphatic carbocycles. The van der Waals surface area contributed by atoms with Crippen molar-refractivity contribution in [2.24, 2.45) is 0 Å². The van der Waals surface area contributed by atoms with Gasteiger partial charge in [-0.25, -0.2) is 0 Å². The van der Waals surface area contributed by atoms with E-state index in [1.807, 2.05) is 0 Å². The second-order valence-electron chi connectivity index (χ2n) is 2.09. The fourth-order valence-electron chi connectivity index (χ4n) is 0.657. The van der Waals surface area contributed by atoms with E-state index in [9.17, 15) is 14.4 Å². The molecule has 1 aromatic rings. The summed E-state index contributed by atoms with van der Waals surface area (Å²) in [6, 6.07) is 5.71. The van der Waals surface area contributed by atoms with Crippen molar-refractivity contribution >= 4 is 27.4 Å². The molecule has 1 unspecified atom stereocenters. The zero-order valence-electron chi connectivity index (χ0n) is 7.56. The first-order valence-electron chi connectivity index (χ1n) is 2.88. The molecular weight excluding hydrogens is 228 g/mol. The third-order valence-corrected chi connectivity index (χ3v) is 2.52. The molecule has 0 aliphatic rings. The Morgan fingerprint density at radius 2 is 1.46 bits per heavy atom. The van der Waals surface area contributed by atoms with Gasteiger partial charge in [0.05, 0.1) is 0 Å². The zero-order valence-corrected chi connectivity index (χ0v) is 13.6. The van der Waals surface area contributed by atoms with Crippen molar-refractivity contribution in [2.75, 3.05) is 0 Å². The molecular formula is C6H6Na2O3P2. The van der Waals surface area contributed by atoms with Crippen LogP contribution >= 0.6 is 16.8 Å². The smallest absolute Gasteiger partial charge is 0.807 e. The number of hydrogen-bond donors (Lipinski definition) is 0. The van der Waals surface area contributed by atoms with Gasteiger partial charge in [-0.15, -0.1) is 9.24 Å². The summed E-state index contributed by atoms with van der Waals surface area (Å²) in [6.45, 7) is 0. The predicted molar refractivity (Wildman–Crippen MR) is 43.0 cm³/mol. The molecule has 0 amide bonds. The average molecular weight is 234 g/mol. The molecule has 0 bridgehead atoms. The summed E-state index contributed by atoms with van der Waals surface area (Å²) in [4.78, 5) is 20.8. The Labute approximate surface area is 124 Å². The van der Waals surface area contributed by atoms with Crippen LogP contribution in [0.5, 0.6) is 0 Å². The van der Waals surface area contributed by atoms with Crippen molar-refractivity contribution < 1.29 is 73.5 Å². The Bertz CT molecular complexity index is 295. The van der Waals surface area contributed by atoms with Crippen molar-refractivity contribution in [3.8, 4) is 0 Å². The van der Waals surface area contributed by atoms with Crippen LogP contribution in [-0.4, -0.2) is 0 Å². The first-order chi connectivity index (χ1) is 5.00. The molecule has 0 radical (unpaired) electrons. The van der Waals surface area contributed by atoms with Gasteiger partial charge in [-0.3, -0.25) is 0 Å². The summed E-state index contributed by atoms with van der Waals surface area (Å²) in [5, 5.41) is 0.686. The van der Waals surface area contributed by atoms with E-state index in [4.69, 9.17) is 0 Å². The number of benzene rings is 1. The Hall–Kier alpha value is 1.80. The Kier molecular flexibility index (Phi) is 9.44. The van der Waals surface area contributed by atoms with E-state index in [2.05, 4.69) is 9.24 Å². The Morgan fingerprint density at radius 3 is 1.77 bits per heavy atom. The van der Waals surface area contributed by atoms with E-state index < -0.39 is 7.60 Å². The molecule has 0 aliphatic heterocycles. The fraction of sp³-hybridized carbons (Fsp3) is 0. The van der Waals surface area contributed by atoms with E-state index in [1.54, 1.807) is 12.1 Å². The van der Waals surface area contributed by atoms with Gasteiger partial charge < -0.3 is 14.4 Å². The Morgan fingerprint density at radius 1 is 1.08 bits per heavy atom. The largest absolute Gasteiger partial charge is 1.00 e. The minimum atomic E-state index is -4.55. The molecule has 3 nitrogen and oxygen atoms in total. The van der Waals surface area contributed by atoms with Crippen LogP contribution in [-0.2, 0) is 4.57 Å². The van der Waals surface area contributed by atoms with E-state index in [1.165, 1.54) is 12.1 Å². The molecule has 7 heteroatoms. The van der Waals surface area contributed by atoms with Crippen LogP contribution in [0.4, 0.5) is 0 Å². The van der Waals surface area contributed by atoms with E-state index in [0.29, 0.717) is 0 Å². The van der Waals surface area contributed by atoms with Crippen molar-refractivity contribution in [1.82, 2.24) is 0 Å². The minimum absolute atomic E-state index is 0. The number of hydrogen-bond acceptors (Lipinski definition) is 3. The molecule has 1 aromatic carbocycles. The molecule has 0 spiro atoms. The van der Waals surface area contributed by atoms with Gasteiger partial charge in [0.1, 0.15) is 0 Å². The van der Waals surface area contributed by atoms with Gasteiger partial charge in [0.25, 0.3) is 0 Å². The minimum Gasteiger partial charge on any atom is -0.807 e. The topological polar surface area (TPSA) is 63.2 Å². The van der Waals surface area contributed by atoms with Gasteiger partial charge in [0.2, 0.25) is 0 Å². The molecule has 0 heterocycles. The summed E-state index contributed by atoms with van der Waals surface area (Å²) in [5.41, 5.74) is 0. The van der Waals surface area contributed by atoms with Crippen LogP contribution in [0.1, 0.15) is 0 Å². The average Bonchev–Trinajstić information content (AvgIpc) is 1.86. The quantitative estimate of drug-likeness (QED) is 0.358. The molecule has 1 atom stereocenters. The van der Waals surface area contributed by atoms with Gasteiger partial charge in [-0.05, 0) is 18.2 Å². The molecule has 0 saturated carbocycles. The van der Waals surface area contributed by atoms with E-state index >= 15 is 0 Å². The summed E-state index contributed by atoms with van der Waals surface area (Å²) in [7, 11) is -2.15. The zero-order chi connectivity index (χ0) is 8.48. The first-order valence-corrected chi connectivity index (χ1v) is 5.00. The SMILES string of the molecule is O=P([O-])([O-])c1ccc(P)cc1.[Na+].[Na+]. The van der Waals surface area contributed by atoms with Crippen LogP contribution in [0, 0.1) is 0 Å². The van der Waals surface area contributed by atoms with Crippen LogP contribution in [0.25, 0.3) is 0 Å². The van der Waals surface area contributed by atoms with Gasteiger partial charge in [-0.1, -0.05) is 24.3 Å². The Balaban J connectivity index is 0. The second-order valence-corrected chi connectivity index (χ2v) is 4.27. The molecule has 0 fully saturated rings. The fourth-order valence-corrected chi connectivity index (χ4v) is 1.36. The maximum atomic E-state index is 10.4. The molecule has 13 heavy (non-hydrogen) atoms. The molecule has 0 aromatic heterocycles. The third-order valence-electron chi connectivity index (χ3n) is 1.21. The monoisotopic (exact) mass is 234 g/mol. The summed E-state index contributed by atoms with van der Waals surface area (Å²) in [6.07, 6.45) is 0. The standard InChI is InChI=1S/C6H8O3P2.2Na/c7-11(8,9)6-3-1-5(10)2-4-6;;/h1-4H,10H2,(H2,7,8,9);;/q;2*+1/p-2. The van der Waals surface area contributed by atoms with Crippen molar-refractivity contribution in [1.29, 1.82) is 0 Å². The van der Waals surface area contributed by atoms with Crippen LogP contribution in [0.3, 0.4) is 0 Å². The summed E-state index contributed by atoms with van der Waals surface area (Å²) in [5.74, 6) is 0. The summed E-state index contributed by atoms with van der Waals surface area (Å²) < 4.78 is 10.4. The maximum absolute atomic E-state index is 10.4. The molecule has 0 saturated heterocycles. The van der Waals surface area contributed by atoms with Crippen molar-refractivity contribution in [3.05, 3.63) is 24.3 Å². The van der Waals surface area contributed by atoms with Gasteiger partial charge in [0, 0.05) is 0 Å². The third kappa shape index (κ3) is 6.06. The first kappa shape index (κ1) is 17.2. The maximum Gasteiger partial charge on any atom is 1.00 e. The normalized spacial score (nSPS) is 9.77. The molecule has 0 N–H and O–H groups in total. The number of rotatable bonds is 1. The van der Waals surface area contributed by atoms with Crippen LogP contribution in [0.2, 0.25) is 0 Å². The van der Waals surface area contributed by atoms with Crippen LogP contribution < -0.4 is 79.5 Å².